The number of aromatic nitrogens is 1. The molecule has 0 unspecified atom stereocenters. The third kappa shape index (κ3) is 5.09. The van der Waals surface area contributed by atoms with Crippen LogP contribution >= 0.6 is 11.3 Å². The highest BCUT2D eigenvalue weighted by Crippen LogP contribution is 2.45. The molecule has 0 saturated heterocycles. The zero-order valence-electron chi connectivity index (χ0n) is 19.6. The summed E-state index contributed by atoms with van der Waals surface area (Å²) >= 11 is 1.54. The van der Waals surface area contributed by atoms with Crippen molar-refractivity contribution in [2.75, 3.05) is 27.3 Å². The van der Waals surface area contributed by atoms with E-state index in [1.165, 1.54) is 23.5 Å². The number of carbonyl (C=O) groups excluding carboxylic acids is 1. The fourth-order valence-electron chi connectivity index (χ4n) is 4.15. The average Bonchev–Trinajstić information content (AvgIpc) is 3.80. The quantitative estimate of drug-likeness (QED) is 0.360. The van der Waals surface area contributed by atoms with Gasteiger partial charge in [0.25, 0.3) is 5.91 Å². The maximum Gasteiger partial charge on any atom is 0.274 e. The number of rotatable bonds is 10. The molecule has 34 heavy (non-hydrogen) atoms. The van der Waals surface area contributed by atoms with Crippen molar-refractivity contribution < 1.29 is 18.7 Å². The molecule has 0 aliphatic heterocycles. The van der Waals surface area contributed by atoms with E-state index in [9.17, 15) is 9.18 Å². The maximum atomic E-state index is 14.0. The van der Waals surface area contributed by atoms with Gasteiger partial charge >= 0.3 is 0 Å². The highest BCUT2D eigenvalue weighted by atomic mass is 32.1. The van der Waals surface area contributed by atoms with Crippen LogP contribution in [0.2, 0.25) is 0 Å². The van der Waals surface area contributed by atoms with Crippen LogP contribution in [0.4, 0.5) is 4.39 Å². The third-order valence-electron chi connectivity index (χ3n) is 6.44. The second-order valence-corrected chi connectivity index (χ2v) is 10.2. The number of benzene rings is 2. The van der Waals surface area contributed by atoms with E-state index in [1.807, 2.05) is 29.2 Å². The number of thiazole rings is 1. The summed E-state index contributed by atoms with van der Waals surface area (Å²) in [5.74, 6) is 1.99. The van der Waals surface area contributed by atoms with Crippen molar-refractivity contribution in [3.05, 3.63) is 64.5 Å². The zero-order chi connectivity index (χ0) is 23.7. The Kier molecular flexibility index (Phi) is 6.55. The first-order valence-electron chi connectivity index (χ1n) is 11.8. The molecule has 0 spiro atoms. The molecular weight excluding hydrogens is 451 g/mol. The van der Waals surface area contributed by atoms with Crippen LogP contribution in [0.25, 0.3) is 10.4 Å². The van der Waals surface area contributed by atoms with Crippen LogP contribution in [0.1, 0.15) is 52.7 Å². The lowest BCUT2D eigenvalue weighted by Gasteiger charge is -2.23. The van der Waals surface area contributed by atoms with E-state index in [-0.39, 0.29) is 11.7 Å². The van der Waals surface area contributed by atoms with Crippen LogP contribution in [-0.4, -0.2) is 43.1 Å². The Morgan fingerprint density at radius 1 is 1.09 bits per heavy atom. The molecule has 5 nitrogen and oxygen atoms in total. The monoisotopic (exact) mass is 480 g/mol. The van der Waals surface area contributed by atoms with Gasteiger partial charge in [0.2, 0.25) is 0 Å². The van der Waals surface area contributed by atoms with E-state index in [1.54, 1.807) is 20.3 Å². The molecule has 2 aliphatic carbocycles. The van der Waals surface area contributed by atoms with Gasteiger partial charge in [-0.25, -0.2) is 9.37 Å². The number of nitrogens with zero attached hydrogens (tertiary/aromatic N) is 2. The summed E-state index contributed by atoms with van der Waals surface area (Å²) in [4.78, 5) is 21.3. The second kappa shape index (κ2) is 9.74. The Balaban J connectivity index is 1.41. The lowest BCUT2D eigenvalue weighted by molar-refractivity contribution is 0.0745. The van der Waals surface area contributed by atoms with Crippen molar-refractivity contribution in [3.8, 4) is 21.9 Å². The molecule has 1 aromatic heterocycles. The molecule has 2 aliphatic rings. The summed E-state index contributed by atoms with van der Waals surface area (Å²) < 4.78 is 24.8. The number of halogens is 1. The van der Waals surface area contributed by atoms with Crippen LogP contribution in [-0.2, 0) is 6.42 Å². The summed E-state index contributed by atoms with van der Waals surface area (Å²) in [5, 5.41) is 0.994. The van der Waals surface area contributed by atoms with Crippen LogP contribution in [0.15, 0.2) is 42.5 Å². The molecule has 5 rings (SSSR count). The van der Waals surface area contributed by atoms with Gasteiger partial charge in [-0.05, 0) is 73.4 Å². The predicted octanol–water partition coefficient (Wildman–Crippen LogP) is 5.94. The molecule has 1 heterocycles. The standard InChI is InChI=1S/C27H29FN2O3S/c1-32-22-11-8-17(14-23(22)33-2)12-13-30(16-18-6-7-18)27(31)24-25(20-4-3-5-21(28)15-20)34-26(29-24)19-9-10-19/h3-5,8,11,14-15,18-19H,6-7,9-10,12-13,16H2,1-2H3. The fourth-order valence-corrected chi connectivity index (χ4v) is 5.37. The molecular formula is C27H29FN2O3S. The highest BCUT2D eigenvalue weighted by Gasteiger charge is 2.33. The number of hydrogen-bond donors (Lipinski definition) is 0. The number of hydrogen-bond acceptors (Lipinski definition) is 5. The molecule has 3 aromatic rings. The first-order valence-corrected chi connectivity index (χ1v) is 12.6. The van der Waals surface area contributed by atoms with Gasteiger partial charge in [0.1, 0.15) is 11.5 Å². The number of methoxy groups -OCH3 is 2. The van der Waals surface area contributed by atoms with Gasteiger partial charge in [-0.3, -0.25) is 4.79 Å². The summed E-state index contributed by atoms with van der Waals surface area (Å²) in [6, 6.07) is 12.3. The van der Waals surface area contributed by atoms with Gasteiger partial charge in [0, 0.05) is 19.0 Å². The Hall–Kier alpha value is -2.93. The molecule has 0 N–H and O–H groups in total. The molecule has 0 radical (unpaired) electrons. The summed E-state index contributed by atoms with van der Waals surface area (Å²) in [6.07, 6.45) is 5.22. The van der Waals surface area contributed by atoms with E-state index in [0.717, 1.165) is 53.2 Å². The number of carbonyl (C=O) groups is 1. The van der Waals surface area contributed by atoms with Crippen LogP contribution in [0, 0.1) is 11.7 Å². The Labute approximate surface area is 203 Å². The molecule has 1 amide bonds. The molecule has 0 atom stereocenters. The largest absolute Gasteiger partial charge is 0.493 e. The SMILES string of the molecule is COc1ccc(CCN(CC2CC2)C(=O)c2nc(C3CC3)sc2-c2cccc(F)c2)cc1OC. The topological polar surface area (TPSA) is 51.7 Å². The van der Waals surface area contributed by atoms with Gasteiger partial charge in [0.05, 0.1) is 24.1 Å². The fraction of sp³-hybridized carbons (Fsp3) is 0.407. The minimum atomic E-state index is -0.305. The van der Waals surface area contributed by atoms with Crippen molar-refractivity contribution in [2.45, 2.75) is 38.0 Å². The van der Waals surface area contributed by atoms with Crippen LogP contribution < -0.4 is 9.47 Å². The molecule has 0 bridgehead atoms. The van der Waals surface area contributed by atoms with Crippen LogP contribution in [0.3, 0.4) is 0 Å². The second-order valence-electron chi connectivity index (χ2n) is 9.15. The minimum Gasteiger partial charge on any atom is -0.493 e. The van der Waals surface area contributed by atoms with Gasteiger partial charge in [-0.15, -0.1) is 11.3 Å². The van der Waals surface area contributed by atoms with Gasteiger partial charge < -0.3 is 14.4 Å². The third-order valence-corrected chi connectivity index (χ3v) is 7.71. The van der Waals surface area contributed by atoms with E-state index in [4.69, 9.17) is 14.5 Å². The van der Waals surface area contributed by atoms with Crippen molar-refractivity contribution in [3.63, 3.8) is 0 Å². The van der Waals surface area contributed by atoms with Gasteiger partial charge in [-0.2, -0.15) is 0 Å². The van der Waals surface area contributed by atoms with E-state index in [0.29, 0.717) is 42.0 Å². The van der Waals surface area contributed by atoms with Crippen molar-refractivity contribution in [2.24, 2.45) is 5.92 Å². The first kappa shape index (κ1) is 22.8. The van der Waals surface area contributed by atoms with E-state index < -0.39 is 0 Å². The molecule has 7 heteroatoms. The summed E-state index contributed by atoms with van der Waals surface area (Å²) in [7, 11) is 3.24. The number of ether oxygens (including phenoxy) is 2. The Morgan fingerprint density at radius 2 is 1.88 bits per heavy atom. The van der Waals surface area contributed by atoms with Crippen molar-refractivity contribution in [1.29, 1.82) is 0 Å². The lowest BCUT2D eigenvalue weighted by atomic mass is 10.1. The smallest absolute Gasteiger partial charge is 0.274 e. The van der Waals surface area contributed by atoms with E-state index in [2.05, 4.69) is 0 Å². The van der Waals surface area contributed by atoms with Gasteiger partial charge in [-0.1, -0.05) is 18.2 Å². The Morgan fingerprint density at radius 3 is 2.56 bits per heavy atom. The molecule has 2 saturated carbocycles. The summed E-state index contributed by atoms with van der Waals surface area (Å²) in [6.45, 7) is 1.31. The minimum absolute atomic E-state index is 0.0604. The summed E-state index contributed by atoms with van der Waals surface area (Å²) in [5.41, 5.74) is 2.26. The first-order chi connectivity index (χ1) is 16.6. The lowest BCUT2D eigenvalue weighted by Crippen LogP contribution is -2.35. The predicted molar refractivity (Wildman–Crippen MR) is 131 cm³/mol. The number of amides is 1. The molecule has 2 fully saturated rings. The maximum absolute atomic E-state index is 14.0. The Bertz CT molecular complexity index is 1190. The van der Waals surface area contributed by atoms with Crippen molar-refractivity contribution >= 4 is 17.2 Å². The molecule has 178 valence electrons. The van der Waals surface area contributed by atoms with E-state index >= 15 is 0 Å². The van der Waals surface area contributed by atoms with Gasteiger partial charge in [0.15, 0.2) is 11.5 Å². The van der Waals surface area contributed by atoms with Crippen LogP contribution in [0.5, 0.6) is 11.5 Å². The molecule has 2 aromatic carbocycles. The zero-order valence-corrected chi connectivity index (χ0v) is 20.4. The average molecular weight is 481 g/mol. The van der Waals surface area contributed by atoms with Crippen molar-refractivity contribution in [1.82, 2.24) is 9.88 Å². The highest BCUT2D eigenvalue weighted by molar-refractivity contribution is 7.15. The normalized spacial score (nSPS) is 15.3.